The monoisotopic (exact) mass is 223 g/mol. The van der Waals surface area contributed by atoms with Crippen LogP contribution in [0.25, 0.3) is 0 Å². The predicted octanol–water partition coefficient (Wildman–Crippen LogP) is 1.58. The van der Waals surface area contributed by atoms with Gasteiger partial charge in [0, 0.05) is 5.56 Å². The van der Waals surface area contributed by atoms with Crippen LogP contribution in [0.5, 0.6) is 0 Å². The highest BCUT2D eigenvalue weighted by Gasteiger charge is 2.05. The molecular formula is C10H10ClN3O. The van der Waals surface area contributed by atoms with Crippen LogP contribution in [-0.2, 0) is 6.54 Å². The maximum absolute atomic E-state index is 11.6. The van der Waals surface area contributed by atoms with Crippen molar-refractivity contribution in [3.05, 3.63) is 48.5 Å². The Bertz CT molecular complexity index is 413. The van der Waals surface area contributed by atoms with Crippen LogP contribution in [0.2, 0.25) is 0 Å². The Morgan fingerprint density at radius 3 is 2.60 bits per heavy atom. The number of ketones is 1. The molecule has 0 bridgehead atoms. The summed E-state index contributed by atoms with van der Waals surface area (Å²) in [5.74, 6) is 0.0381. The summed E-state index contributed by atoms with van der Waals surface area (Å²) in [4.78, 5) is 15.4. The van der Waals surface area contributed by atoms with Crippen molar-refractivity contribution in [3.8, 4) is 0 Å². The standard InChI is InChI=1S/C10H9N3O.ClH/c14-10(6-13-8-11-7-12-13)9-4-2-1-3-5-9;/h1-5,7-8H,6H2;1H. The van der Waals surface area contributed by atoms with Crippen molar-refractivity contribution < 1.29 is 4.79 Å². The van der Waals surface area contributed by atoms with Crippen molar-refractivity contribution in [2.75, 3.05) is 0 Å². The van der Waals surface area contributed by atoms with Gasteiger partial charge in [0.15, 0.2) is 5.78 Å². The van der Waals surface area contributed by atoms with Gasteiger partial charge in [0.2, 0.25) is 0 Å². The van der Waals surface area contributed by atoms with Gasteiger partial charge in [-0.05, 0) is 0 Å². The lowest BCUT2D eigenvalue weighted by molar-refractivity contribution is 0.0967. The van der Waals surface area contributed by atoms with E-state index in [1.165, 1.54) is 17.3 Å². The van der Waals surface area contributed by atoms with Crippen molar-refractivity contribution in [1.29, 1.82) is 0 Å². The number of Topliss-reactive ketones (excluding diaryl/α,β-unsaturated/α-hetero) is 1. The van der Waals surface area contributed by atoms with E-state index in [1.54, 1.807) is 12.1 Å². The average molecular weight is 224 g/mol. The third-order valence-electron chi connectivity index (χ3n) is 1.87. The van der Waals surface area contributed by atoms with E-state index < -0.39 is 0 Å². The van der Waals surface area contributed by atoms with Crippen LogP contribution >= 0.6 is 12.4 Å². The molecule has 15 heavy (non-hydrogen) atoms. The Kier molecular flexibility index (Phi) is 4.00. The second-order valence-electron chi connectivity index (χ2n) is 2.88. The fourth-order valence-electron chi connectivity index (χ4n) is 1.18. The van der Waals surface area contributed by atoms with Gasteiger partial charge in [0.05, 0.1) is 0 Å². The minimum absolute atomic E-state index is 0. The molecule has 0 N–H and O–H groups in total. The molecule has 2 rings (SSSR count). The molecule has 0 amide bonds. The van der Waals surface area contributed by atoms with Gasteiger partial charge in [0.1, 0.15) is 19.2 Å². The topological polar surface area (TPSA) is 47.8 Å². The summed E-state index contributed by atoms with van der Waals surface area (Å²) in [5.41, 5.74) is 0.697. The van der Waals surface area contributed by atoms with Crippen molar-refractivity contribution in [2.24, 2.45) is 0 Å². The van der Waals surface area contributed by atoms with E-state index in [4.69, 9.17) is 0 Å². The van der Waals surface area contributed by atoms with Crippen LogP contribution in [0, 0.1) is 0 Å². The molecule has 1 aromatic carbocycles. The highest BCUT2D eigenvalue weighted by Crippen LogP contribution is 2.00. The van der Waals surface area contributed by atoms with Crippen molar-refractivity contribution in [2.45, 2.75) is 6.54 Å². The summed E-state index contributed by atoms with van der Waals surface area (Å²) < 4.78 is 1.51. The zero-order valence-corrected chi connectivity index (χ0v) is 8.72. The van der Waals surface area contributed by atoms with Crippen LogP contribution in [0.4, 0.5) is 0 Å². The van der Waals surface area contributed by atoms with E-state index >= 15 is 0 Å². The first-order valence-electron chi connectivity index (χ1n) is 4.27. The fourth-order valence-corrected chi connectivity index (χ4v) is 1.18. The first-order valence-corrected chi connectivity index (χ1v) is 4.27. The van der Waals surface area contributed by atoms with E-state index in [0.717, 1.165) is 0 Å². The Hall–Kier alpha value is -1.68. The van der Waals surface area contributed by atoms with Gasteiger partial charge >= 0.3 is 0 Å². The molecule has 0 aliphatic rings. The molecule has 0 aliphatic carbocycles. The van der Waals surface area contributed by atoms with Crippen LogP contribution in [0.3, 0.4) is 0 Å². The van der Waals surface area contributed by atoms with Gasteiger partial charge < -0.3 is 0 Å². The largest absolute Gasteiger partial charge is 0.292 e. The molecule has 0 saturated heterocycles. The molecule has 1 aromatic heterocycles. The Labute approximate surface area is 93.4 Å². The number of benzene rings is 1. The van der Waals surface area contributed by atoms with Crippen LogP contribution in [0.15, 0.2) is 43.0 Å². The summed E-state index contributed by atoms with van der Waals surface area (Å²) in [7, 11) is 0. The molecule has 0 fully saturated rings. The minimum atomic E-state index is 0. The summed E-state index contributed by atoms with van der Waals surface area (Å²) in [6.45, 7) is 0.240. The lowest BCUT2D eigenvalue weighted by Crippen LogP contribution is -2.10. The molecule has 78 valence electrons. The summed E-state index contributed by atoms with van der Waals surface area (Å²) >= 11 is 0. The maximum Gasteiger partial charge on any atom is 0.184 e. The number of carbonyl (C=O) groups is 1. The zero-order chi connectivity index (χ0) is 9.80. The van der Waals surface area contributed by atoms with Crippen molar-refractivity contribution in [1.82, 2.24) is 14.8 Å². The van der Waals surface area contributed by atoms with Crippen molar-refractivity contribution in [3.63, 3.8) is 0 Å². The normalized spacial score (nSPS) is 9.33. The number of aromatic nitrogens is 3. The summed E-state index contributed by atoms with van der Waals surface area (Å²) in [5, 5.41) is 3.87. The SMILES string of the molecule is Cl.O=C(Cn1cncn1)c1ccccc1. The molecule has 1 heterocycles. The third kappa shape index (κ3) is 2.89. The average Bonchev–Trinajstić information content (AvgIpc) is 2.72. The van der Waals surface area contributed by atoms with Gasteiger partial charge in [-0.3, -0.25) is 4.79 Å². The van der Waals surface area contributed by atoms with E-state index in [2.05, 4.69) is 10.1 Å². The van der Waals surface area contributed by atoms with Gasteiger partial charge in [-0.15, -0.1) is 12.4 Å². The summed E-state index contributed by atoms with van der Waals surface area (Å²) in [6, 6.07) is 9.15. The number of halogens is 1. The lowest BCUT2D eigenvalue weighted by atomic mass is 10.1. The molecule has 0 atom stereocenters. The number of hydrogen-bond donors (Lipinski definition) is 0. The lowest BCUT2D eigenvalue weighted by Gasteiger charge is -1.99. The first-order chi connectivity index (χ1) is 6.86. The van der Waals surface area contributed by atoms with Crippen LogP contribution in [-0.4, -0.2) is 20.5 Å². The van der Waals surface area contributed by atoms with Crippen LogP contribution < -0.4 is 0 Å². The quantitative estimate of drug-likeness (QED) is 0.743. The van der Waals surface area contributed by atoms with Crippen molar-refractivity contribution >= 4 is 18.2 Å². The Morgan fingerprint density at radius 1 is 1.27 bits per heavy atom. The highest BCUT2D eigenvalue weighted by molar-refractivity contribution is 5.95. The second kappa shape index (κ2) is 5.26. The number of carbonyl (C=O) groups excluding carboxylic acids is 1. The molecule has 0 radical (unpaired) electrons. The summed E-state index contributed by atoms with van der Waals surface area (Å²) in [6.07, 6.45) is 2.94. The molecular weight excluding hydrogens is 214 g/mol. The molecule has 2 aromatic rings. The van der Waals surface area contributed by atoms with E-state index in [9.17, 15) is 4.79 Å². The molecule has 0 aliphatic heterocycles. The Morgan fingerprint density at radius 2 is 2.00 bits per heavy atom. The highest BCUT2D eigenvalue weighted by atomic mass is 35.5. The zero-order valence-electron chi connectivity index (χ0n) is 7.91. The fraction of sp³-hybridized carbons (Fsp3) is 0.100. The second-order valence-corrected chi connectivity index (χ2v) is 2.88. The van der Waals surface area contributed by atoms with Gasteiger partial charge in [0.25, 0.3) is 0 Å². The number of hydrogen-bond acceptors (Lipinski definition) is 3. The predicted molar refractivity (Wildman–Crippen MR) is 58.0 cm³/mol. The maximum atomic E-state index is 11.6. The number of nitrogens with zero attached hydrogens (tertiary/aromatic N) is 3. The molecule has 0 spiro atoms. The molecule has 4 nitrogen and oxygen atoms in total. The minimum Gasteiger partial charge on any atom is -0.292 e. The van der Waals surface area contributed by atoms with E-state index in [1.807, 2.05) is 18.2 Å². The number of rotatable bonds is 3. The van der Waals surface area contributed by atoms with Crippen LogP contribution in [0.1, 0.15) is 10.4 Å². The van der Waals surface area contributed by atoms with Gasteiger partial charge in [-0.25, -0.2) is 9.67 Å². The van der Waals surface area contributed by atoms with E-state index in [0.29, 0.717) is 5.56 Å². The smallest absolute Gasteiger partial charge is 0.184 e. The van der Waals surface area contributed by atoms with Gasteiger partial charge in [-0.1, -0.05) is 30.3 Å². The van der Waals surface area contributed by atoms with E-state index in [-0.39, 0.29) is 24.7 Å². The molecule has 0 unspecified atom stereocenters. The Balaban J connectivity index is 0.00000112. The molecule has 5 heteroatoms. The van der Waals surface area contributed by atoms with Gasteiger partial charge in [-0.2, -0.15) is 5.10 Å². The first kappa shape index (κ1) is 11.4. The third-order valence-corrected chi connectivity index (χ3v) is 1.87. The molecule has 0 saturated carbocycles.